The molecule has 0 saturated carbocycles. The zero-order chi connectivity index (χ0) is 13.0. The summed E-state index contributed by atoms with van der Waals surface area (Å²) in [5, 5.41) is -0.0682. The first-order valence-corrected chi connectivity index (χ1v) is 6.99. The van der Waals surface area contributed by atoms with E-state index in [1.807, 2.05) is 13.8 Å². The van der Waals surface area contributed by atoms with Gasteiger partial charge in [0.05, 0.1) is 0 Å². The van der Waals surface area contributed by atoms with Gasteiger partial charge in [0, 0.05) is 22.6 Å². The second kappa shape index (κ2) is 6.62. The second-order valence-electron chi connectivity index (χ2n) is 3.54. The standard InChI is InChI=1S/C12H14BrCl2NO/c1-3-16(4-2)12(17)11(15)9-6-5-8(14)7-10(9)13/h5-7,11H,3-4H2,1-2H3. The molecule has 1 amide bonds. The van der Waals surface area contributed by atoms with E-state index >= 15 is 0 Å². The minimum absolute atomic E-state index is 0.0836. The van der Waals surface area contributed by atoms with Crippen molar-refractivity contribution in [2.75, 3.05) is 13.1 Å². The highest BCUT2D eigenvalue weighted by Gasteiger charge is 2.23. The molecule has 1 aromatic rings. The molecule has 1 aromatic carbocycles. The number of likely N-dealkylation sites (N-methyl/N-ethyl adjacent to an activating group) is 1. The Morgan fingerprint density at radius 2 is 2.00 bits per heavy atom. The van der Waals surface area contributed by atoms with Crippen LogP contribution in [0.5, 0.6) is 0 Å². The minimum Gasteiger partial charge on any atom is -0.342 e. The van der Waals surface area contributed by atoms with E-state index in [9.17, 15) is 4.79 Å². The Balaban J connectivity index is 2.95. The van der Waals surface area contributed by atoms with Gasteiger partial charge in [-0.05, 0) is 31.5 Å². The summed E-state index contributed by atoms with van der Waals surface area (Å²) in [6, 6.07) is 5.24. The summed E-state index contributed by atoms with van der Waals surface area (Å²) in [6.45, 7) is 5.18. The van der Waals surface area contributed by atoms with Crippen LogP contribution in [0.2, 0.25) is 5.02 Å². The van der Waals surface area contributed by atoms with Crippen molar-refractivity contribution in [3.8, 4) is 0 Å². The van der Waals surface area contributed by atoms with Crippen LogP contribution in [0.3, 0.4) is 0 Å². The van der Waals surface area contributed by atoms with Crippen LogP contribution in [0.15, 0.2) is 22.7 Å². The van der Waals surface area contributed by atoms with Gasteiger partial charge in [-0.15, -0.1) is 11.6 Å². The van der Waals surface area contributed by atoms with Crippen LogP contribution in [0.1, 0.15) is 24.8 Å². The Morgan fingerprint density at radius 1 is 1.41 bits per heavy atom. The van der Waals surface area contributed by atoms with Crippen molar-refractivity contribution in [2.24, 2.45) is 0 Å². The zero-order valence-corrected chi connectivity index (χ0v) is 12.8. The maximum absolute atomic E-state index is 12.1. The van der Waals surface area contributed by atoms with Gasteiger partial charge in [-0.1, -0.05) is 33.6 Å². The fourth-order valence-corrected chi connectivity index (χ4v) is 2.91. The van der Waals surface area contributed by atoms with E-state index in [4.69, 9.17) is 23.2 Å². The Bertz CT molecular complexity index is 407. The quantitative estimate of drug-likeness (QED) is 0.751. The molecule has 0 fully saturated rings. The van der Waals surface area contributed by atoms with E-state index in [2.05, 4.69) is 15.9 Å². The lowest BCUT2D eigenvalue weighted by molar-refractivity contribution is -0.130. The Kier molecular flexibility index (Phi) is 5.77. The Morgan fingerprint density at radius 3 is 2.47 bits per heavy atom. The molecule has 0 N–H and O–H groups in total. The summed E-state index contributed by atoms with van der Waals surface area (Å²) < 4.78 is 0.755. The Hall–Kier alpha value is -0.250. The van der Waals surface area contributed by atoms with Gasteiger partial charge in [-0.3, -0.25) is 4.79 Å². The maximum Gasteiger partial charge on any atom is 0.245 e. The van der Waals surface area contributed by atoms with Gasteiger partial charge in [0.15, 0.2) is 0 Å². The van der Waals surface area contributed by atoms with Crippen molar-refractivity contribution in [3.05, 3.63) is 33.3 Å². The number of benzene rings is 1. The molecule has 1 unspecified atom stereocenters. The number of amides is 1. The number of carbonyl (C=O) groups is 1. The van der Waals surface area contributed by atoms with Crippen LogP contribution in [0.25, 0.3) is 0 Å². The number of nitrogens with zero attached hydrogens (tertiary/aromatic N) is 1. The van der Waals surface area contributed by atoms with Crippen LogP contribution in [0.4, 0.5) is 0 Å². The van der Waals surface area contributed by atoms with E-state index in [1.165, 1.54) is 0 Å². The van der Waals surface area contributed by atoms with Crippen molar-refractivity contribution < 1.29 is 4.79 Å². The van der Waals surface area contributed by atoms with E-state index < -0.39 is 5.38 Å². The van der Waals surface area contributed by atoms with Gasteiger partial charge in [-0.2, -0.15) is 0 Å². The lowest BCUT2D eigenvalue weighted by Gasteiger charge is -2.22. The van der Waals surface area contributed by atoms with Crippen molar-refractivity contribution >= 4 is 45.0 Å². The van der Waals surface area contributed by atoms with E-state index in [-0.39, 0.29) is 5.91 Å². The summed E-state index contributed by atoms with van der Waals surface area (Å²) in [7, 11) is 0. The van der Waals surface area contributed by atoms with Crippen molar-refractivity contribution in [2.45, 2.75) is 19.2 Å². The molecule has 0 aliphatic carbocycles. The fraction of sp³-hybridized carbons (Fsp3) is 0.417. The van der Waals surface area contributed by atoms with E-state index in [0.717, 1.165) is 10.0 Å². The summed E-state index contributed by atoms with van der Waals surface area (Å²) >= 11 is 15.4. The average molecular weight is 339 g/mol. The molecule has 1 atom stereocenters. The van der Waals surface area contributed by atoms with Gasteiger partial charge in [-0.25, -0.2) is 0 Å². The topological polar surface area (TPSA) is 20.3 Å². The second-order valence-corrected chi connectivity index (χ2v) is 5.27. The minimum atomic E-state index is -0.679. The molecule has 0 radical (unpaired) electrons. The molecule has 0 bridgehead atoms. The molecule has 94 valence electrons. The average Bonchev–Trinajstić information content (AvgIpc) is 2.29. The van der Waals surface area contributed by atoms with Crippen molar-refractivity contribution in [1.82, 2.24) is 4.90 Å². The number of alkyl halides is 1. The highest BCUT2D eigenvalue weighted by Crippen LogP contribution is 2.31. The third-order valence-corrected chi connectivity index (χ3v) is 3.87. The summed E-state index contributed by atoms with van der Waals surface area (Å²) in [6.07, 6.45) is 0. The van der Waals surface area contributed by atoms with Crippen LogP contribution in [-0.4, -0.2) is 23.9 Å². The van der Waals surface area contributed by atoms with Gasteiger partial charge < -0.3 is 4.90 Å². The number of hydrogen-bond donors (Lipinski definition) is 0. The van der Waals surface area contributed by atoms with Crippen LogP contribution in [0, 0.1) is 0 Å². The lowest BCUT2D eigenvalue weighted by atomic mass is 10.1. The van der Waals surface area contributed by atoms with E-state index in [1.54, 1.807) is 23.1 Å². The lowest BCUT2D eigenvalue weighted by Crippen LogP contribution is -2.33. The first kappa shape index (κ1) is 14.8. The molecule has 0 aromatic heterocycles. The fourth-order valence-electron chi connectivity index (χ4n) is 1.54. The first-order valence-electron chi connectivity index (χ1n) is 5.39. The SMILES string of the molecule is CCN(CC)C(=O)C(Cl)c1ccc(Cl)cc1Br. The predicted molar refractivity (Wildman–Crippen MR) is 75.7 cm³/mol. The molecular weight excluding hydrogens is 325 g/mol. The number of hydrogen-bond acceptors (Lipinski definition) is 1. The van der Waals surface area contributed by atoms with Gasteiger partial charge >= 0.3 is 0 Å². The zero-order valence-electron chi connectivity index (χ0n) is 9.71. The Labute approximate surface area is 120 Å². The van der Waals surface area contributed by atoms with Crippen LogP contribution < -0.4 is 0 Å². The van der Waals surface area contributed by atoms with Gasteiger partial charge in [0.2, 0.25) is 5.91 Å². The predicted octanol–water partition coefficient (Wildman–Crippen LogP) is 4.25. The summed E-state index contributed by atoms with van der Waals surface area (Å²) in [5.74, 6) is -0.0836. The highest BCUT2D eigenvalue weighted by atomic mass is 79.9. The first-order chi connectivity index (χ1) is 8.01. The van der Waals surface area contributed by atoms with Crippen molar-refractivity contribution in [3.63, 3.8) is 0 Å². The number of carbonyl (C=O) groups excluding carboxylic acids is 1. The molecule has 0 aliphatic heterocycles. The molecule has 2 nitrogen and oxygen atoms in total. The largest absolute Gasteiger partial charge is 0.342 e. The summed E-state index contributed by atoms with van der Waals surface area (Å²) in [4.78, 5) is 13.8. The van der Waals surface area contributed by atoms with Gasteiger partial charge in [0.25, 0.3) is 0 Å². The van der Waals surface area contributed by atoms with E-state index in [0.29, 0.717) is 18.1 Å². The molecule has 0 saturated heterocycles. The number of halogens is 3. The van der Waals surface area contributed by atoms with Crippen molar-refractivity contribution in [1.29, 1.82) is 0 Å². The smallest absolute Gasteiger partial charge is 0.245 e. The molecule has 5 heteroatoms. The normalized spacial score (nSPS) is 12.3. The highest BCUT2D eigenvalue weighted by molar-refractivity contribution is 9.10. The molecular formula is C12H14BrCl2NO. The molecule has 1 rings (SSSR count). The van der Waals surface area contributed by atoms with Crippen LogP contribution in [-0.2, 0) is 4.79 Å². The monoisotopic (exact) mass is 337 g/mol. The molecule has 0 spiro atoms. The molecule has 0 aliphatic rings. The molecule has 0 heterocycles. The number of rotatable bonds is 4. The third-order valence-electron chi connectivity index (χ3n) is 2.53. The third kappa shape index (κ3) is 3.60. The molecule has 17 heavy (non-hydrogen) atoms. The van der Waals surface area contributed by atoms with Crippen LogP contribution >= 0.6 is 39.1 Å². The maximum atomic E-state index is 12.1. The van der Waals surface area contributed by atoms with Gasteiger partial charge in [0.1, 0.15) is 5.38 Å². The summed E-state index contributed by atoms with van der Waals surface area (Å²) in [5.41, 5.74) is 0.743.